The molecule has 5 N–H and O–H groups in total. The van der Waals surface area contributed by atoms with Gasteiger partial charge in [-0.1, -0.05) is 32.0 Å². The van der Waals surface area contributed by atoms with Crippen LogP contribution in [0.3, 0.4) is 0 Å². The van der Waals surface area contributed by atoms with Gasteiger partial charge in [-0.3, -0.25) is 4.79 Å². The fraction of sp³-hybridized carbons (Fsp3) is 0.389. The van der Waals surface area contributed by atoms with Gasteiger partial charge in [0.2, 0.25) is 0 Å². The van der Waals surface area contributed by atoms with Gasteiger partial charge in [0, 0.05) is 11.6 Å². The van der Waals surface area contributed by atoms with E-state index in [4.69, 9.17) is 5.73 Å². The van der Waals surface area contributed by atoms with Crippen LogP contribution in [0.1, 0.15) is 37.8 Å². The lowest BCUT2D eigenvalue weighted by Crippen LogP contribution is -2.64. The van der Waals surface area contributed by atoms with Gasteiger partial charge in [0.1, 0.15) is 5.41 Å². The number of rotatable bonds is 4. The van der Waals surface area contributed by atoms with Crippen molar-refractivity contribution in [2.24, 2.45) is 17.1 Å². The molecule has 132 valence electrons. The molecule has 1 heterocycles. The molecule has 1 aliphatic rings. The number of nitrogens with zero attached hydrogens (tertiary/aromatic N) is 1. The Morgan fingerprint density at radius 2 is 1.92 bits per heavy atom. The average Bonchev–Trinajstić information content (AvgIpc) is 2.52. The van der Waals surface area contributed by atoms with Gasteiger partial charge >= 0.3 is 11.9 Å². The maximum Gasteiger partial charge on any atom is 0.333 e. The molecular weight excluding hydrogens is 322 g/mol. The second-order valence-corrected chi connectivity index (χ2v) is 6.49. The Kier molecular flexibility index (Phi) is 4.86. The van der Waals surface area contributed by atoms with E-state index in [9.17, 15) is 25.1 Å². The second-order valence-electron chi connectivity index (χ2n) is 6.49. The summed E-state index contributed by atoms with van der Waals surface area (Å²) in [6.07, 6.45) is -1.01. The zero-order chi connectivity index (χ0) is 18.9. The highest BCUT2D eigenvalue weighted by Gasteiger charge is 2.59. The third kappa shape index (κ3) is 2.65. The van der Waals surface area contributed by atoms with Gasteiger partial charge < -0.3 is 21.3 Å². The van der Waals surface area contributed by atoms with Crippen LogP contribution in [0.5, 0.6) is 0 Å². The fourth-order valence-corrected chi connectivity index (χ4v) is 3.81. The summed E-state index contributed by atoms with van der Waals surface area (Å²) in [6.45, 7) is 4.94. The Bertz CT molecular complexity index is 794. The summed E-state index contributed by atoms with van der Waals surface area (Å²) in [4.78, 5) is 24.3. The van der Waals surface area contributed by atoms with E-state index in [1.54, 1.807) is 45.0 Å². The Morgan fingerprint density at radius 3 is 2.40 bits per heavy atom. The maximum absolute atomic E-state index is 12.4. The van der Waals surface area contributed by atoms with Crippen LogP contribution in [0.15, 0.2) is 35.5 Å². The minimum Gasteiger partial charge on any atom is -0.481 e. The molecule has 0 aliphatic carbocycles. The number of carboxylic acid groups (broad SMARTS) is 2. The predicted octanol–water partition coefficient (Wildman–Crippen LogP) is 1.62. The first-order valence-electron chi connectivity index (χ1n) is 7.88. The van der Waals surface area contributed by atoms with Gasteiger partial charge in [0.25, 0.3) is 0 Å². The second kappa shape index (κ2) is 6.57. The molecule has 1 aromatic rings. The lowest BCUT2D eigenvalue weighted by molar-refractivity contribution is -0.157. The van der Waals surface area contributed by atoms with E-state index in [2.05, 4.69) is 5.32 Å². The first-order chi connectivity index (χ1) is 11.7. The minimum atomic E-state index is -1.62. The zero-order valence-electron chi connectivity index (χ0n) is 14.3. The quantitative estimate of drug-likeness (QED) is 0.652. The Hall–Kier alpha value is -2.85. The van der Waals surface area contributed by atoms with Crippen LogP contribution in [0.25, 0.3) is 0 Å². The maximum atomic E-state index is 12.4. The van der Waals surface area contributed by atoms with Crippen LogP contribution in [-0.4, -0.2) is 28.3 Å². The van der Waals surface area contributed by atoms with Crippen LogP contribution >= 0.6 is 0 Å². The molecule has 7 nitrogen and oxygen atoms in total. The Labute approximate surface area is 145 Å². The molecule has 0 bridgehead atoms. The van der Waals surface area contributed by atoms with Crippen LogP contribution < -0.4 is 11.1 Å². The van der Waals surface area contributed by atoms with Crippen LogP contribution in [0.4, 0.5) is 0 Å². The van der Waals surface area contributed by atoms with Crippen molar-refractivity contribution < 1.29 is 19.8 Å². The van der Waals surface area contributed by atoms with Gasteiger partial charge in [-0.15, -0.1) is 0 Å². The summed E-state index contributed by atoms with van der Waals surface area (Å²) in [5, 5.41) is 32.1. The first kappa shape index (κ1) is 18.5. The minimum absolute atomic E-state index is 0.0829. The summed E-state index contributed by atoms with van der Waals surface area (Å²) in [6, 6.07) is 8.48. The fourth-order valence-electron chi connectivity index (χ4n) is 3.81. The predicted molar refractivity (Wildman–Crippen MR) is 90.3 cm³/mol. The number of aliphatic carboxylic acids is 2. The Balaban J connectivity index is 2.94. The van der Waals surface area contributed by atoms with Crippen molar-refractivity contribution >= 4 is 11.9 Å². The molecule has 0 amide bonds. The molecule has 3 atom stereocenters. The smallest absolute Gasteiger partial charge is 0.333 e. The molecule has 1 aliphatic heterocycles. The molecule has 25 heavy (non-hydrogen) atoms. The monoisotopic (exact) mass is 343 g/mol. The van der Waals surface area contributed by atoms with Crippen molar-refractivity contribution in [1.29, 1.82) is 5.26 Å². The van der Waals surface area contributed by atoms with Crippen LogP contribution in [-0.2, 0) is 9.59 Å². The largest absolute Gasteiger partial charge is 0.481 e. The molecule has 0 aromatic heterocycles. The molecule has 0 fully saturated rings. The van der Waals surface area contributed by atoms with E-state index in [1.165, 1.54) is 0 Å². The highest BCUT2D eigenvalue weighted by atomic mass is 16.4. The molecule has 0 saturated heterocycles. The number of nitrogens with one attached hydrogen (secondary N) is 1. The van der Waals surface area contributed by atoms with Crippen molar-refractivity contribution in [3.05, 3.63) is 46.7 Å². The van der Waals surface area contributed by atoms with Crippen molar-refractivity contribution in [3.63, 3.8) is 0 Å². The van der Waals surface area contributed by atoms with Crippen LogP contribution in [0.2, 0.25) is 0 Å². The number of hydrogen-bond donors (Lipinski definition) is 4. The molecule has 2 rings (SSSR count). The summed E-state index contributed by atoms with van der Waals surface area (Å²) in [7, 11) is 0. The molecule has 0 radical (unpaired) electrons. The summed E-state index contributed by atoms with van der Waals surface area (Å²) >= 11 is 0. The molecule has 3 unspecified atom stereocenters. The Morgan fingerprint density at radius 1 is 1.32 bits per heavy atom. The van der Waals surface area contributed by atoms with Gasteiger partial charge in [-0.25, -0.2) is 4.79 Å². The number of benzene rings is 1. The first-order valence-corrected chi connectivity index (χ1v) is 7.88. The van der Waals surface area contributed by atoms with Gasteiger partial charge in [0.15, 0.2) is 0 Å². The summed E-state index contributed by atoms with van der Waals surface area (Å²) in [5.74, 6) is -3.99. The van der Waals surface area contributed by atoms with Gasteiger partial charge in [0.05, 0.1) is 23.4 Å². The summed E-state index contributed by atoms with van der Waals surface area (Å²) < 4.78 is 0. The average molecular weight is 343 g/mol. The van der Waals surface area contributed by atoms with E-state index < -0.39 is 35.4 Å². The number of nitriles is 1. The lowest BCUT2D eigenvalue weighted by Gasteiger charge is -2.49. The number of carboxylic acids is 2. The highest BCUT2D eigenvalue weighted by Crippen LogP contribution is 2.52. The number of allylic oxidation sites excluding steroid dienone is 1. The SMILES string of the molecule is CC1=C(C(=O)O)C(c2ccccc2C#N)C(C(=O)O)(C(C)C)C(N)N1. The number of carbonyl (C=O) groups is 2. The normalized spacial score (nSPS) is 26.1. The third-order valence-corrected chi connectivity index (χ3v) is 5.01. The van der Waals surface area contributed by atoms with Crippen LogP contribution in [0, 0.1) is 22.7 Å². The number of hydrogen-bond acceptors (Lipinski definition) is 5. The van der Waals surface area contributed by atoms with Crippen molar-refractivity contribution in [2.75, 3.05) is 0 Å². The van der Waals surface area contributed by atoms with Crippen molar-refractivity contribution in [1.82, 2.24) is 5.32 Å². The van der Waals surface area contributed by atoms with E-state index in [0.29, 0.717) is 11.3 Å². The van der Waals surface area contributed by atoms with E-state index in [-0.39, 0.29) is 11.1 Å². The third-order valence-electron chi connectivity index (χ3n) is 5.01. The molecule has 7 heteroatoms. The van der Waals surface area contributed by atoms with E-state index in [0.717, 1.165) is 0 Å². The molecule has 1 aromatic carbocycles. The number of nitrogens with two attached hydrogens (primary N) is 1. The van der Waals surface area contributed by atoms with Gasteiger partial charge in [-0.2, -0.15) is 5.26 Å². The highest BCUT2D eigenvalue weighted by molar-refractivity contribution is 5.93. The van der Waals surface area contributed by atoms with E-state index in [1.807, 2.05) is 6.07 Å². The molecular formula is C18H21N3O4. The van der Waals surface area contributed by atoms with Crippen molar-refractivity contribution in [3.8, 4) is 6.07 Å². The zero-order valence-corrected chi connectivity index (χ0v) is 14.3. The van der Waals surface area contributed by atoms with Crippen molar-refractivity contribution in [2.45, 2.75) is 32.9 Å². The lowest BCUT2D eigenvalue weighted by atomic mass is 9.58. The van der Waals surface area contributed by atoms with Gasteiger partial charge in [-0.05, 0) is 24.5 Å². The standard InChI is InChI=1S/C18H21N3O4/c1-9(2)18(17(24)25)14(12-7-5-4-6-11(12)8-19)13(15(22)23)10(3)21-16(18)20/h4-7,9,14,16,21H,20H2,1-3H3,(H,22,23)(H,24,25). The molecule has 0 spiro atoms. The summed E-state index contributed by atoms with van der Waals surface area (Å²) in [5.41, 5.74) is 5.37. The topological polar surface area (TPSA) is 136 Å². The molecule has 0 saturated carbocycles. The van der Waals surface area contributed by atoms with E-state index >= 15 is 0 Å².